The highest BCUT2D eigenvalue weighted by Gasteiger charge is 2.11. The number of hydrogen-bond acceptors (Lipinski definition) is 6. The van der Waals surface area contributed by atoms with Gasteiger partial charge in [-0.05, 0) is 61.9 Å². The summed E-state index contributed by atoms with van der Waals surface area (Å²) in [6.07, 6.45) is 1.55. The number of rotatable bonds is 9. The Balaban J connectivity index is 1.89. The van der Waals surface area contributed by atoms with Crippen LogP contribution in [0, 0.1) is 0 Å². The number of nitrogens with one attached hydrogen (secondary N) is 2. The van der Waals surface area contributed by atoms with Gasteiger partial charge in [-0.25, -0.2) is 5.43 Å². The van der Waals surface area contributed by atoms with Gasteiger partial charge >= 0.3 is 0 Å². The van der Waals surface area contributed by atoms with E-state index in [2.05, 4.69) is 15.8 Å². The lowest BCUT2D eigenvalue weighted by Gasteiger charge is -2.14. The van der Waals surface area contributed by atoms with E-state index in [1.807, 2.05) is 37.3 Å². The molecule has 0 aliphatic rings. The summed E-state index contributed by atoms with van der Waals surface area (Å²) in [5.41, 5.74) is 4.12. The molecule has 0 aromatic heterocycles. The van der Waals surface area contributed by atoms with Crippen LogP contribution >= 0.6 is 0 Å². The van der Waals surface area contributed by atoms with E-state index in [1.54, 1.807) is 39.5 Å². The second-order valence-corrected chi connectivity index (χ2v) is 5.67. The summed E-state index contributed by atoms with van der Waals surface area (Å²) in [6.45, 7) is 4.31. The quantitative estimate of drug-likeness (QED) is 0.523. The van der Waals surface area contributed by atoms with Crippen LogP contribution < -0.4 is 25.0 Å². The Morgan fingerprint density at radius 1 is 1.11 bits per heavy atom. The summed E-state index contributed by atoms with van der Waals surface area (Å²) < 4.78 is 15.8. The Bertz CT molecular complexity index is 775. The summed E-state index contributed by atoms with van der Waals surface area (Å²) >= 11 is 0. The summed E-state index contributed by atoms with van der Waals surface area (Å²) in [7, 11) is 3.14. The maximum atomic E-state index is 12.2. The van der Waals surface area contributed by atoms with Crippen LogP contribution in [0.3, 0.4) is 0 Å². The van der Waals surface area contributed by atoms with Crippen LogP contribution in [0.25, 0.3) is 0 Å². The first-order chi connectivity index (χ1) is 13.1. The van der Waals surface area contributed by atoms with Crippen LogP contribution in [-0.2, 0) is 4.79 Å². The second-order valence-electron chi connectivity index (χ2n) is 5.67. The first kappa shape index (κ1) is 20.1. The minimum Gasteiger partial charge on any atom is -0.494 e. The largest absolute Gasteiger partial charge is 0.494 e. The van der Waals surface area contributed by atoms with Crippen LogP contribution in [0.1, 0.15) is 19.4 Å². The first-order valence-electron chi connectivity index (χ1n) is 8.61. The van der Waals surface area contributed by atoms with Crippen molar-refractivity contribution in [3.8, 4) is 17.2 Å². The van der Waals surface area contributed by atoms with Crippen molar-refractivity contribution in [3.05, 3.63) is 48.0 Å². The van der Waals surface area contributed by atoms with Gasteiger partial charge in [-0.3, -0.25) is 4.79 Å². The zero-order chi connectivity index (χ0) is 19.6. The number of anilines is 1. The number of benzene rings is 2. The van der Waals surface area contributed by atoms with Crippen LogP contribution in [0.4, 0.5) is 5.69 Å². The molecule has 0 spiro atoms. The molecule has 1 amide bonds. The molecule has 0 aliphatic carbocycles. The number of nitrogens with zero attached hydrogens (tertiary/aromatic N) is 1. The van der Waals surface area contributed by atoms with Gasteiger partial charge in [0.05, 0.1) is 27.0 Å². The molecule has 0 saturated heterocycles. The van der Waals surface area contributed by atoms with Crippen molar-refractivity contribution in [2.24, 2.45) is 5.10 Å². The Morgan fingerprint density at radius 3 is 2.44 bits per heavy atom. The van der Waals surface area contributed by atoms with Crippen molar-refractivity contribution in [2.75, 3.05) is 26.1 Å². The number of methoxy groups -OCH3 is 2. The van der Waals surface area contributed by atoms with Gasteiger partial charge < -0.3 is 19.5 Å². The highest BCUT2D eigenvalue weighted by Crippen LogP contribution is 2.26. The van der Waals surface area contributed by atoms with Crippen LogP contribution in [0.15, 0.2) is 47.6 Å². The third-order valence-corrected chi connectivity index (χ3v) is 3.74. The van der Waals surface area contributed by atoms with E-state index in [1.165, 1.54) is 0 Å². The van der Waals surface area contributed by atoms with Crippen molar-refractivity contribution < 1.29 is 19.0 Å². The van der Waals surface area contributed by atoms with Crippen molar-refractivity contribution in [1.82, 2.24) is 5.43 Å². The van der Waals surface area contributed by atoms with E-state index < -0.39 is 6.04 Å². The van der Waals surface area contributed by atoms with Crippen LogP contribution in [-0.4, -0.2) is 39.0 Å². The number of carbonyl (C=O) groups is 1. The molecule has 2 aromatic carbocycles. The fourth-order valence-electron chi connectivity index (χ4n) is 2.33. The molecular formula is C20H25N3O4. The number of amides is 1. The lowest BCUT2D eigenvalue weighted by molar-refractivity contribution is -0.121. The van der Waals surface area contributed by atoms with Gasteiger partial charge in [-0.15, -0.1) is 0 Å². The van der Waals surface area contributed by atoms with E-state index in [0.29, 0.717) is 18.1 Å². The molecule has 7 heteroatoms. The fourth-order valence-corrected chi connectivity index (χ4v) is 2.33. The van der Waals surface area contributed by atoms with E-state index in [4.69, 9.17) is 14.2 Å². The molecule has 1 atom stereocenters. The number of ether oxygens (including phenoxy) is 3. The van der Waals surface area contributed by atoms with Crippen LogP contribution in [0.5, 0.6) is 17.2 Å². The monoisotopic (exact) mass is 371 g/mol. The van der Waals surface area contributed by atoms with E-state index in [9.17, 15) is 4.79 Å². The lowest BCUT2D eigenvalue weighted by Crippen LogP contribution is -2.34. The smallest absolute Gasteiger partial charge is 0.262 e. The van der Waals surface area contributed by atoms with Gasteiger partial charge in [0.25, 0.3) is 5.91 Å². The number of hydrogen-bond donors (Lipinski definition) is 2. The molecule has 27 heavy (non-hydrogen) atoms. The van der Waals surface area contributed by atoms with Crippen molar-refractivity contribution >= 4 is 17.8 Å². The zero-order valence-electron chi connectivity index (χ0n) is 16.0. The Labute approximate surface area is 159 Å². The average molecular weight is 371 g/mol. The van der Waals surface area contributed by atoms with Gasteiger partial charge in [-0.2, -0.15) is 5.10 Å². The molecule has 0 bridgehead atoms. The van der Waals surface area contributed by atoms with Gasteiger partial charge in [0.1, 0.15) is 11.8 Å². The predicted octanol–water partition coefficient (Wildman–Crippen LogP) is 3.05. The lowest BCUT2D eigenvalue weighted by atomic mass is 10.2. The van der Waals surface area contributed by atoms with Crippen molar-refractivity contribution in [2.45, 2.75) is 19.9 Å². The van der Waals surface area contributed by atoms with Crippen molar-refractivity contribution in [3.63, 3.8) is 0 Å². The third kappa shape index (κ3) is 5.91. The van der Waals surface area contributed by atoms with Crippen molar-refractivity contribution in [1.29, 1.82) is 0 Å². The molecule has 2 rings (SSSR count). The fraction of sp³-hybridized carbons (Fsp3) is 0.300. The zero-order valence-corrected chi connectivity index (χ0v) is 16.0. The number of carbonyl (C=O) groups excluding carboxylic acids is 1. The highest BCUT2D eigenvalue weighted by molar-refractivity contribution is 5.86. The summed E-state index contributed by atoms with van der Waals surface area (Å²) in [6, 6.07) is 12.3. The second kappa shape index (κ2) is 10.1. The summed E-state index contributed by atoms with van der Waals surface area (Å²) in [5.74, 6) is 1.77. The molecular weight excluding hydrogens is 346 g/mol. The number of hydrazone groups is 1. The summed E-state index contributed by atoms with van der Waals surface area (Å²) in [4.78, 5) is 12.2. The van der Waals surface area contributed by atoms with E-state index in [0.717, 1.165) is 17.0 Å². The van der Waals surface area contributed by atoms with Gasteiger partial charge in [0.15, 0.2) is 11.5 Å². The molecule has 0 saturated carbocycles. The normalized spacial score (nSPS) is 11.7. The average Bonchev–Trinajstić information content (AvgIpc) is 2.69. The highest BCUT2D eigenvalue weighted by atomic mass is 16.5. The Hall–Kier alpha value is -3.22. The minimum absolute atomic E-state index is 0.249. The predicted molar refractivity (Wildman–Crippen MR) is 106 cm³/mol. The molecule has 0 unspecified atom stereocenters. The van der Waals surface area contributed by atoms with E-state index >= 15 is 0 Å². The molecule has 0 heterocycles. The first-order valence-corrected chi connectivity index (χ1v) is 8.61. The molecule has 0 radical (unpaired) electrons. The molecule has 0 aliphatic heterocycles. The van der Waals surface area contributed by atoms with Crippen LogP contribution in [0.2, 0.25) is 0 Å². The Morgan fingerprint density at radius 2 is 1.81 bits per heavy atom. The SMILES string of the molecule is CCOc1ccc(N[C@@H](C)C(=O)N/N=C\c2ccc(OC)c(OC)c2)cc1. The molecule has 7 nitrogen and oxygen atoms in total. The minimum atomic E-state index is -0.453. The standard InChI is InChI=1S/C20H25N3O4/c1-5-27-17-9-7-16(8-10-17)22-14(2)20(24)23-21-13-15-6-11-18(25-3)19(12-15)26-4/h6-14,22H,5H2,1-4H3,(H,23,24)/b21-13-/t14-/m0/s1. The maximum absolute atomic E-state index is 12.2. The third-order valence-electron chi connectivity index (χ3n) is 3.74. The van der Waals surface area contributed by atoms with E-state index in [-0.39, 0.29) is 5.91 Å². The topological polar surface area (TPSA) is 81.2 Å². The van der Waals surface area contributed by atoms with Gasteiger partial charge in [0.2, 0.25) is 0 Å². The maximum Gasteiger partial charge on any atom is 0.262 e. The summed E-state index contributed by atoms with van der Waals surface area (Å²) in [5, 5.41) is 7.11. The van der Waals surface area contributed by atoms with Gasteiger partial charge in [0, 0.05) is 5.69 Å². The van der Waals surface area contributed by atoms with Gasteiger partial charge in [-0.1, -0.05) is 0 Å². The molecule has 0 fully saturated rings. The molecule has 2 aromatic rings. The molecule has 144 valence electrons. The molecule has 2 N–H and O–H groups in total. The Kier molecular flexibility index (Phi) is 7.49.